The number of aromatic nitrogens is 3. The number of carbonyl (C=O) groups excluding carboxylic acids is 1. The van der Waals surface area contributed by atoms with Gasteiger partial charge in [0, 0.05) is 19.0 Å². The van der Waals surface area contributed by atoms with Crippen molar-refractivity contribution in [3.63, 3.8) is 0 Å². The van der Waals surface area contributed by atoms with Crippen LogP contribution in [0, 0.1) is 11.6 Å². The Hall–Kier alpha value is -2.56. The highest BCUT2D eigenvalue weighted by Crippen LogP contribution is 2.43. The third-order valence-corrected chi connectivity index (χ3v) is 5.44. The molecule has 2 aliphatic heterocycles. The fourth-order valence-electron chi connectivity index (χ4n) is 4.24. The molecule has 0 radical (unpaired) electrons. The van der Waals surface area contributed by atoms with Crippen LogP contribution in [-0.4, -0.2) is 37.7 Å². The fourth-order valence-corrected chi connectivity index (χ4v) is 4.24. The maximum absolute atomic E-state index is 13.8. The van der Waals surface area contributed by atoms with Crippen LogP contribution in [0.4, 0.5) is 22.0 Å². The van der Waals surface area contributed by atoms with Crippen molar-refractivity contribution in [1.82, 2.24) is 19.7 Å². The molecule has 3 heterocycles. The summed E-state index contributed by atoms with van der Waals surface area (Å²) in [6.07, 6.45) is -3.75. The van der Waals surface area contributed by atoms with Gasteiger partial charge in [0.25, 0.3) is 0 Å². The van der Waals surface area contributed by atoms with Gasteiger partial charge in [-0.3, -0.25) is 4.79 Å². The molecule has 4 rings (SSSR count). The zero-order valence-electron chi connectivity index (χ0n) is 15.2. The highest BCUT2D eigenvalue weighted by atomic mass is 19.4. The first-order valence-electron chi connectivity index (χ1n) is 9.16. The summed E-state index contributed by atoms with van der Waals surface area (Å²) in [6, 6.07) is 1.26. The smallest absolute Gasteiger partial charge is 0.328 e. The Morgan fingerprint density at radius 1 is 1.24 bits per heavy atom. The summed E-state index contributed by atoms with van der Waals surface area (Å²) in [5.74, 6) is -2.50. The van der Waals surface area contributed by atoms with Gasteiger partial charge in [-0.25, -0.2) is 8.78 Å². The molecule has 29 heavy (non-hydrogen) atoms. The first kappa shape index (κ1) is 19.7. The minimum atomic E-state index is -4.62. The number of amides is 1. The molecule has 1 aromatic heterocycles. The minimum absolute atomic E-state index is 0.0345. The van der Waals surface area contributed by atoms with Crippen LogP contribution < -0.4 is 5.73 Å². The number of benzene rings is 1. The van der Waals surface area contributed by atoms with E-state index >= 15 is 0 Å². The number of alkyl halides is 3. The monoisotopic (exact) mass is 415 g/mol. The van der Waals surface area contributed by atoms with Gasteiger partial charge in [-0.15, -0.1) is 10.2 Å². The van der Waals surface area contributed by atoms with Crippen LogP contribution in [-0.2, 0) is 23.9 Å². The predicted molar refractivity (Wildman–Crippen MR) is 90.3 cm³/mol. The van der Waals surface area contributed by atoms with E-state index in [4.69, 9.17) is 5.73 Å². The Kier molecular flexibility index (Phi) is 4.80. The van der Waals surface area contributed by atoms with Crippen LogP contribution in [0.3, 0.4) is 0 Å². The van der Waals surface area contributed by atoms with Crippen molar-refractivity contribution in [2.24, 2.45) is 5.73 Å². The average Bonchev–Trinajstić information content (AvgIpc) is 3.19. The minimum Gasteiger partial charge on any atom is -0.328 e. The van der Waals surface area contributed by atoms with E-state index in [1.165, 1.54) is 4.90 Å². The van der Waals surface area contributed by atoms with E-state index in [1.54, 1.807) is 0 Å². The van der Waals surface area contributed by atoms with E-state index < -0.39 is 41.8 Å². The largest absolute Gasteiger partial charge is 0.451 e. The maximum Gasteiger partial charge on any atom is 0.451 e. The van der Waals surface area contributed by atoms with E-state index in [1.807, 2.05) is 0 Å². The molecule has 156 valence electrons. The second kappa shape index (κ2) is 7.05. The highest BCUT2D eigenvalue weighted by molar-refractivity contribution is 5.78. The lowest BCUT2D eigenvalue weighted by Gasteiger charge is -2.36. The Morgan fingerprint density at radius 2 is 2.00 bits per heavy atom. The molecule has 1 amide bonds. The Morgan fingerprint density at radius 3 is 2.72 bits per heavy atom. The zero-order chi connectivity index (χ0) is 20.9. The van der Waals surface area contributed by atoms with E-state index in [0.29, 0.717) is 12.8 Å². The van der Waals surface area contributed by atoms with Crippen molar-refractivity contribution in [3.05, 3.63) is 47.0 Å². The molecular weight excluding hydrogens is 397 g/mol. The third-order valence-electron chi connectivity index (χ3n) is 5.44. The highest BCUT2D eigenvalue weighted by Gasteiger charge is 2.48. The standard InChI is InChI=1S/C18H18F5N5O/c19-10-1-3-13(20)9(5-10)6-11(24)7-15(29)28-12-2-4-14(28)16-25-26-17(18(21,22)23)27(16)8-12/h1,3,5,11-12,14H,2,4,6-8,24H2. The molecule has 3 unspecified atom stereocenters. The number of rotatable bonds is 4. The molecule has 0 spiro atoms. The van der Waals surface area contributed by atoms with Crippen LogP contribution in [0.1, 0.15) is 42.5 Å². The zero-order valence-corrected chi connectivity index (χ0v) is 15.2. The van der Waals surface area contributed by atoms with Crippen LogP contribution in [0.15, 0.2) is 18.2 Å². The summed E-state index contributed by atoms with van der Waals surface area (Å²) < 4.78 is 67.4. The maximum atomic E-state index is 13.8. The van der Waals surface area contributed by atoms with Crippen molar-refractivity contribution in [3.8, 4) is 0 Å². The van der Waals surface area contributed by atoms with Crippen LogP contribution in [0.5, 0.6) is 0 Å². The van der Waals surface area contributed by atoms with Crippen molar-refractivity contribution in [1.29, 1.82) is 0 Å². The summed E-state index contributed by atoms with van der Waals surface area (Å²) in [5.41, 5.74) is 6.05. The van der Waals surface area contributed by atoms with Gasteiger partial charge in [0.1, 0.15) is 11.6 Å². The Balaban J connectivity index is 1.49. The molecule has 1 aromatic carbocycles. The first-order valence-corrected chi connectivity index (χ1v) is 9.16. The molecule has 2 aromatic rings. The number of nitrogens with zero attached hydrogens (tertiary/aromatic N) is 4. The second-order valence-electron chi connectivity index (χ2n) is 7.44. The normalized spacial score (nSPS) is 21.9. The summed E-state index contributed by atoms with van der Waals surface area (Å²) in [4.78, 5) is 14.3. The van der Waals surface area contributed by atoms with Gasteiger partial charge >= 0.3 is 6.18 Å². The van der Waals surface area contributed by atoms with Gasteiger partial charge in [-0.1, -0.05) is 0 Å². The van der Waals surface area contributed by atoms with Gasteiger partial charge in [0.2, 0.25) is 11.7 Å². The molecular formula is C18H18F5N5O. The number of hydrogen-bond donors (Lipinski definition) is 1. The summed E-state index contributed by atoms with van der Waals surface area (Å²) in [5, 5.41) is 6.94. The van der Waals surface area contributed by atoms with Gasteiger partial charge < -0.3 is 15.2 Å². The van der Waals surface area contributed by atoms with E-state index in [0.717, 1.165) is 22.8 Å². The summed E-state index contributed by atoms with van der Waals surface area (Å²) in [7, 11) is 0. The van der Waals surface area contributed by atoms with Gasteiger partial charge in [0.15, 0.2) is 5.82 Å². The number of nitrogens with two attached hydrogens (primary N) is 1. The van der Waals surface area contributed by atoms with E-state index in [9.17, 15) is 26.7 Å². The molecule has 6 nitrogen and oxygen atoms in total. The molecule has 2 bridgehead atoms. The molecule has 11 heteroatoms. The van der Waals surface area contributed by atoms with Crippen molar-refractivity contribution < 1.29 is 26.7 Å². The molecule has 1 fully saturated rings. The van der Waals surface area contributed by atoms with Crippen LogP contribution >= 0.6 is 0 Å². The van der Waals surface area contributed by atoms with Crippen molar-refractivity contribution in [2.45, 2.75) is 56.5 Å². The van der Waals surface area contributed by atoms with Gasteiger partial charge in [-0.05, 0) is 43.0 Å². The van der Waals surface area contributed by atoms with Crippen LogP contribution in [0.2, 0.25) is 0 Å². The summed E-state index contributed by atoms with van der Waals surface area (Å²) in [6.45, 7) is -0.0345. The summed E-state index contributed by atoms with van der Waals surface area (Å²) >= 11 is 0. The van der Waals surface area contributed by atoms with Gasteiger partial charge in [-0.2, -0.15) is 13.2 Å². The molecule has 0 aliphatic carbocycles. The lowest BCUT2D eigenvalue weighted by molar-refractivity contribution is -0.148. The molecule has 2 N–H and O–H groups in total. The van der Waals surface area contributed by atoms with Crippen molar-refractivity contribution >= 4 is 5.91 Å². The SMILES string of the molecule is NC(CC(=O)N1C2CCC1c1nnc(C(F)(F)F)n1C2)Cc1cc(F)ccc1F. The topological polar surface area (TPSA) is 77.0 Å². The molecule has 1 saturated heterocycles. The number of halogens is 5. The van der Waals surface area contributed by atoms with Gasteiger partial charge in [0.05, 0.1) is 12.1 Å². The second-order valence-corrected chi connectivity index (χ2v) is 7.44. The Labute approximate surface area is 162 Å². The third kappa shape index (κ3) is 3.59. The molecule has 2 aliphatic rings. The van der Waals surface area contributed by atoms with Crippen molar-refractivity contribution in [2.75, 3.05) is 0 Å². The van der Waals surface area contributed by atoms with E-state index in [-0.39, 0.29) is 36.7 Å². The quantitative estimate of drug-likeness (QED) is 0.779. The Bertz CT molecular complexity index is 943. The van der Waals surface area contributed by atoms with Crippen LogP contribution in [0.25, 0.3) is 0 Å². The molecule has 3 atom stereocenters. The fraction of sp³-hybridized carbons (Fsp3) is 0.500. The number of fused-ring (bicyclic) bond motifs is 4. The number of carbonyl (C=O) groups is 1. The lowest BCUT2D eigenvalue weighted by atomic mass is 10.0. The first-order chi connectivity index (χ1) is 13.6. The van der Waals surface area contributed by atoms with E-state index in [2.05, 4.69) is 10.2 Å². The molecule has 0 saturated carbocycles. The average molecular weight is 415 g/mol. The predicted octanol–water partition coefficient (Wildman–Crippen LogP) is 2.58. The number of hydrogen-bond acceptors (Lipinski definition) is 4. The lowest BCUT2D eigenvalue weighted by Crippen LogP contribution is -2.46.